The number of rotatable bonds is 8. The Morgan fingerprint density at radius 3 is 2.47 bits per heavy atom. The minimum absolute atomic E-state index is 0.183. The molecule has 0 aliphatic heterocycles. The van der Waals surface area contributed by atoms with E-state index in [9.17, 15) is 0 Å². The minimum atomic E-state index is 0.183. The van der Waals surface area contributed by atoms with Gasteiger partial charge in [0.05, 0.1) is 6.04 Å². The van der Waals surface area contributed by atoms with E-state index in [-0.39, 0.29) is 6.04 Å². The molecule has 0 radical (unpaired) electrons. The molecular weight excluding hydrogens is 208 g/mol. The Labute approximate surface area is 107 Å². The number of allylic oxidation sites excluding steroid dienone is 1. The van der Waals surface area contributed by atoms with Gasteiger partial charge in [0.15, 0.2) is 0 Å². The third kappa shape index (κ3) is 6.40. The van der Waals surface area contributed by atoms with Gasteiger partial charge in [-0.05, 0) is 45.4 Å². The molecule has 0 heterocycles. The zero-order valence-electron chi connectivity index (χ0n) is 12.2. The SMILES string of the molecule is C=NC(C)/C(CC(C)CCCC)=C(\C)N=CC. The maximum Gasteiger partial charge on any atom is 0.0694 e. The molecule has 0 saturated heterocycles. The van der Waals surface area contributed by atoms with Crippen LogP contribution in [0.3, 0.4) is 0 Å². The van der Waals surface area contributed by atoms with Crippen LogP contribution in [0.1, 0.15) is 60.3 Å². The van der Waals surface area contributed by atoms with Crippen molar-refractivity contribution in [3.63, 3.8) is 0 Å². The predicted octanol–water partition coefficient (Wildman–Crippen LogP) is 4.66. The quantitative estimate of drug-likeness (QED) is 0.548. The Morgan fingerprint density at radius 1 is 1.35 bits per heavy atom. The van der Waals surface area contributed by atoms with Gasteiger partial charge in [0.1, 0.15) is 0 Å². The van der Waals surface area contributed by atoms with Crippen molar-refractivity contribution in [1.29, 1.82) is 0 Å². The van der Waals surface area contributed by atoms with Crippen LogP contribution in [0.25, 0.3) is 0 Å². The first-order valence-corrected chi connectivity index (χ1v) is 6.70. The van der Waals surface area contributed by atoms with E-state index in [4.69, 9.17) is 0 Å². The summed E-state index contributed by atoms with van der Waals surface area (Å²) in [6, 6.07) is 0.183. The first kappa shape index (κ1) is 16.1. The van der Waals surface area contributed by atoms with E-state index in [0.29, 0.717) is 5.92 Å². The molecule has 2 nitrogen and oxygen atoms in total. The predicted molar refractivity (Wildman–Crippen MR) is 79.2 cm³/mol. The van der Waals surface area contributed by atoms with Gasteiger partial charge in [0.25, 0.3) is 0 Å². The van der Waals surface area contributed by atoms with Crippen molar-refractivity contribution in [3.05, 3.63) is 11.3 Å². The molecule has 2 heteroatoms. The van der Waals surface area contributed by atoms with Gasteiger partial charge in [0, 0.05) is 11.9 Å². The second kappa shape index (κ2) is 9.15. The second-order valence-electron chi connectivity index (χ2n) is 4.81. The fourth-order valence-corrected chi connectivity index (χ4v) is 2.04. The molecule has 2 atom stereocenters. The molecule has 0 bridgehead atoms. The molecule has 0 aromatic heterocycles. The van der Waals surface area contributed by atoms with Gasteiger partial charge < -0.3 is 0 Å². The van der Waals surface area contributed by atoms with Gasteiger partial charge >= 0.3 is 0 Å². The molecule has 0 rings (SSSR count). The van der Waals surface area contributed by atoms with Crippen LogP contribution in [0.4, 0.5) is 0 Å². The Balaban J connectivity index is 4.71. The Morgan fingerprint density at radius 2 is 2.00 bits per heavy atom. The van der Waals surface area contributed by atoms with Gasteiger partial charge in [0.2, 0.25) is 0 Å². The smallest absolute Gasteiger partial charge is 0.0694 e. The van der Waals surface area contributed by atoms with Crippen molar-refractivity contribution in [3.8, 4) is 0 Å². The lowest BCUT2D eigenvalue weighted by molar-refractivity contribution is 0.489. The first-order chi connectivity index (χ1) is 8.06. The van der Waals surface area contributed by atoms with Gasteiger partial charge in [-0.2, -0.15) is 0 Å². The molecule has 2 unspecified atom stereocenters. The zero-order chi connectivity index (χ0) is 13.3. The van der Waals surface area contributed by atoms with E-state index >= 15 is 0 Å². The van der Waals surface area contributed by atoms with Crippen LogP contribution in [0, 0.1) is 5.92 Å². The minimum Gasteiger partial charge on any atom is -0.293 e. The third-order valence-electron chi connectivity index (χ3n) is 3.18. The topological polar surface area (TPSA) is 24.7 Å². The summed E-state index contributed by atoms with van der Waals surface area (Å²) in [6.07, 6.45) is 6.80. The standard InChI is InChI=1S/C15H28N2/c1-7-9-10-12(3)11-15(13(4)16-6)14(5)17-8-2/h8,12-13H,6-7,9-11H2,1-5H3/b15-14+,17-8?. The van der Waals surface area contributed by atoms with Crippen LogP contribution < -0.4 is 0 Å². The highest BCUT2D eigenvalue weighted by Crippen LogP contribution is 2.24. The molecule has 98 valence electrons. The second-order valence-corrected chi connectivity index (χ2v) is 4.81. The monoisotopic (exact) mass is 236 g/mol. The summed E-state index contributed by atoms with van der Waals surface area (Å²) in [7, 11) is 0. The maximum absolute atomic E-state index is 4.39. The van der Waals surface area contributed by atoms with Crippen LogP contribution in [0.15, 0.2) is 21.3 Å². The number of hydrogen-bond acceptors (Lipinski definition) is 2. The first-order valence-electron chi connectivity index (χ1n) is 6.70. The molecule has 0 amide bonds. The van der Waals surface area contributed by atoms with E-state index in [0.717, 1.165) is 12.1 Å². The van der Waals surface area contributed by atoms with Crippen LogP contribution in [-0.4, -0.2) is 19.0 Å². The van der Waals surface area contributed by atoms with Crippen LogP contribution in [0.5, 0.6) is 0 Å². The number of nitrogens with zero attached hydrogens (tertiary/aromatic N) is 2. The van der Waals surface area contributed by atoms with Crippen LogP contribution >= 0.6 is 0 Å². The maximum atomic E-state index is 4.39. The van der Waals surface area contributed by atoms with E-state index in [1.165, 1.54) is 24.8 Å². The Bertz CT molecular complexity index is 277. The fraction of sp³-hybridized carbons (Fsp3) is 0.733. The third-order valence-corrected chi connectivity index (χ3v) is 3.18. The van der Waals surface area contributed by atoms with Gasteiger partial charge in [-0.25, -0.2) is 0 Å². The van der Waals surface area contributed by atoms with Gasteiger partial charge in [-0.3, -0.25) is 9.98 Å². The van der Waals surface area contributed by atoms with Crippen molar-refractivity contribution in [1.82, 2.24) is 0 Å². The molecule has 0 saturated carbocycles. The van der Waals surface area contributed by atoms with E-state index in [1.807, 2.05) is 13.1 Å². The largest absolute Gasteiger partial charge is 0.293 e. The normalized spacial score (nSPS) is 16.8. The number of hydrogen-bond donors (Lipinski definition) is 0. The summed E-state index contributed by atoms with van der Waals surface area (Å²) in [5.74, 6) is 0.705. The average molecular weight is 236 g/mol. The van der Waals surface area contributed by atoms with Gasteiger partial charge in [-0.15, -0.1) is 0 Å². The average Bonchev–Trinajstić information content (AvgIpc) is 2.32. The highest BCUT2D eigenvalue weighted by molar-refractivity contribution is 5.55. The Hall–Kier alpha value is -0.920. The molecule has 17 heavy (non-hydrogen) atoms. The van der Waals surface area contributed by atoms with Gasteiger partial charge in [-0.1, -0.05) is 33.1 Å². The fourth-order valence-electron chi connectivity index (χ4n) is 2.04. The molecule has 0 aromatic carbocycles. The lowest BCUT2D eigenvalue weighted by atomic mass is 9.92. The summed E-state index contributed by atoms with van der Waals surface area (Å²) < 4.78 is 0. The molecule has 0 aliphatic rings. The van der Waals surface area contributed by atoms with Crippen molar-refractivity contribution >= 4 is 12.9 Å². The summed E-state index contributed by atoms with van der Waals surface area (Å²) in [5.41, 5.74) is 2.44. The molecule has 0 aromatic rings. The highest BCUT2D eigenvalue weighted by atomic mass is 14.8. The summed E-state index contributed by atoms with van der Waals surface area (Å²) in [5, 5.41) is 0. The van der Waals surface area contributed by atoms with Crippen molar-refractivity contribution in [2.75, 3.05) is 0 Å². The van der Waals surface area contributed by atoms with Crippen molar-refractivity contribution in [2.24, 2.45) is 15.9 Å². The summed E-state index contributed by atoms with van der Waals surface area (Å²) in [6.45, 7) is 14.3. The number of aliphatic imine (C=N–C) groups is 2. The number of unbranched alkanes of at least 4 members (excludes halogenated alkanes) is 1. The molecule has 0 spiro atoms. The van der Waals surface area contributed by atoms with E-state index < -0.39 is 0 Å². The summed E-state index contributed by atoms with van der Waals surface area (Å²) >= 11 is 0. The molecule has 0 fully saturated rings. The Kier molecular flexibility index (Phi) is 8.65. The zero-order valence-corrected chi connectivity index (χ0v) is 12.2. The lowest BCUT2D eigenvalue weighted by Crippen LogP contribution is -2.09. The van der Waals surface area contributed by atoms with Crippen LogP contribution in [-0.2, 0) is 0 Å². The van der Waals surface area contributed by atoms with Crippen molar-refractivity contribution in [2.45, 2.75) is 66.3 Å². The lowest BCUT2D eigenvalue weighted by Gasteiger charge is -2.18. The van der Waals surface area contributed by atoms with E-state index in [2.05, 4.69) is 44.4 Å². The van der Waals surface area contributed by atoms with E-state index in [1.54, 1.807) is 0 Å². The molecular formula is C15H28N2. The molecule has 0 aliphatic carbocycles. The highest BCUT2D eigenvalue weighted by Gasteiger charge is 2.13. The van der Waals surface area contributed by atoms with Crippen LogP contribution in [0.2, 0.25) is 0 Å². The summed E-state index contributed by atoms with van der Waals surface area (Å²) in [4.78, 5) is 8.54. The molecule has 0 N–H and O–H groups in total. The van der Waals surface area contributed by atoms with Crippen molar-refractivity contribution < 1.29 is 0 Å².